The third-order valence-electron chi connectivity index (χ3n) is 4.38. The number of imidazole rings is 1. The molecule has 0 unspecified atom stereocenters. The first kappa shape index (κ1) is 17.6. The van der Waals surface area contributed by atoms with E-state index < -0.39 is 0 Å². The predicted octanol–water partition coefficient (Wildman–Crippen LogP) is 4.18. The number of carbonyl (C=O) groups is 1. The molecule has 0 aliphatic heterocycles. The van der Waals surface area contributed by atoms with Gasteiger partial charge in [-0.1, -0.05) is 18.2 Å². The summed E-state index contributed by atoms with van der Waals surface area (Å²) >= 11 is 0. The van der Waals surface area contributed by atoms with E-state index in [0.29, 0.717) is 23.6 Å². The van der Waals surface area contributed by atoms with Crippen LogP contribution in [0.1, 0.15) is 21.6 Å². The van der Waals surface area contributed by atoms with Gasteiger partial charge in [0.05, 0.1) is 11.4 Å². The van der Waals surface area contributed by atoms with E-state index in [1.54, 1.807) is 42.5 Å². The first-order valence-electron chi connectivity index (χ1n) is 8.85. The van der Waals surface area contributed by atoms with Gasteiger partial charge >= 0.3 is 0 Å². The lowest BCUT2D eigenvalue weighted by Gasteiger charge is -2.08. The molecule has 6 nitrogen and oxygen atoms in total. The Morgan fingerprint density at radius 3 is 2.64 bits per heavy atom. The molecular weight excluding hydrogens is 354 g/mol. The Morgan fingerprint density at radius 1 is 1.11 bits per heavy atom. The molecule has 2 aromatic carbocycles. The molecule has 0 saturated carbocycles. The SMILES string of the molecule is Cc1cccn2cc(COc3ccc(C(=O)Nc4ccccc4O)cc3)nc12. The van der Waals surface area contributed by atoms with Crippen molar-refractivity contribution in [2.45, 2.75) is 13.5 Å². The van der Waals surface area contributed by atoms with Crippen molar-refractivity contribution in [3.8, 4) is 11.5 Å². The first-order valence-corrected chi connectivity index (χ1v) is 8.85. The molecule has 0 fully saturated rings. The zero-order valence-corrected chi connectivity index (χ0v) is 15.3. The molecule has 0 radical (unpaired) electrons. The number of amides is 1. The summed E-state index contributed by atoms with van der Waals surface area (Å²) in [6, 6.07) is 17.4. The van der Waals surface area contributed by atoms with Crippen LogP contribution in [0.25, 0.3) is 5.65 Å². The number of aryl methyl sites for hydroxylation is 1. The summed E-state index contributed by atoms with van der Waals surface area (Å²) in [4.78, 5) is 16.9. The van der Waals surface area contributed by atoms with Crippen LogP contribution >= 0.6 is 0 Å². The molecule has 0 aliphatic carbocycles. The lowest BCUT2D eigenvalue weighted by molar-refractivity contribution is 0.102. The van der Waals surface area contributed by atoms with E-state index in [1.807, 2.05) is 35.9 Å². The van der Waals surface area contributed by atoms with Crippen molar-refractivity contribution < 1.29 is 14.6 Å². The summed E-state index contributed by atoms with van der Waals surface area (Å²) in [5, 5.41) is 12.4. The molecule has 2 heterocycles. The third kappa shape index (κ3) is 3.66. The van der Waals surface area contributed by atoms with Crippen molar-refractivity contribution in [2.24, 2.45) is 0 Å². The van der Waals surface area contributed by atoms with Gasteiger partial charge in [0.15, 0.2) is 0 Å². The third-order valence-corrected chi connectivity index (χ3v) is 4.38. The van der Waals surface area contributed by atoms with Crippen molar-refractivity contribution >= 4 is 17.2 Å². The van der Waals surface area contributed by atoms with Gasteiger partial charge in [-0.25, -0.2) is 4.98 Å². The zero-order chi connectivity index (χ0) is 19.5. The van der Waals surface area contributed by atoms with Gasteiger partial charge in [-0.15, -0.1) is 0 Å². The van der Waals surface area contributed by atoms with E-state index in [4.69, 9.17) is 4.74 Å². The average Bonchev–Trinajstić information content (AvgIpc) is 3.13. The summed E-state index contributed by atoms with van der Waals surface area (Å²) in [6.07, 6.45) is 3.90. The number of anilines is 1. The maximum atomic E-state index is 12.3. The summed E-state index contributed by atoms with van der Waals surface area (Å²) in [7, 11) is 0. The van der Waals surface area contributed by atoms with Crippen LogP contribution in [0.15, 0.2) is 73.1 Å². The molecule has 28 heavy (non-hydrogen) atoms. The highest BCUT2D eigenvalue weighted by atomic mass is 16.5. The minimum absolute atomic E-state index is 0.0264. The number of fused-ring (bicyclic) bond motifs is 1. The zero-order valence-electron chi connectivity index (χ0n) is 15.3. The molecule has 2 N–H and O–H groups in total. The number of ether oxygens (including phenoxy) is 1. The predicted molar refractivity (Wildman–Crippen MR) is 107 cm³/mol. The normalized spacial score (nSPS) is 10.8. The number of phenols is 1. The van der Waals surface area contributed by atoms with Crippen LogP contribution in [0, 0.1) is 6.92 Å². The number of pyridine rings is 1. The van der Waals surface area contributed by atoms with Gasteiger partial charge in [0.2, 0.25) is 0 Å². The highest BCUT2D eigenvalue weighted by Gasteiger charge is 2.09. The first-order chi connectivity index (χ1) is 13.6. The number of rotatable bonds is 5. The van der Waals surface area contributed by atoms with E-state index in [9.17, 15) is 9.90 Å². The van der Waals surface area contributed by atoms with Crippen molar-refractivity contribution in [1.29, 1.82) is 0 Å². The van der Waals surface area contributed by atoms with Gasteiger partial charge in [-0.05, 0) is 55.0 Å². The standard InChI is InChI=1S/C22H19N3O3/c1-15-5-4-12-25-13-17(23-21(15)25)14-28-18-10-8-16(9-11-18)22(27)24-19-6-2-3-7-20(19)26/h2-13,26H,14H2,1H3,(H,24,27). The Kier molecular flexibility index (Phi) is 4.68. The molecule has 0 bridgehead atoms. The molecule has 140 valence electrons. The number of hydrogen-bond acceptors (Lipinski definition) is 4. The van der Waals surface area contributed by atoms with Crippen molar-refractivity contribution in [1.82, 2.24) is 9.38 Å². The number of aromatic nitrogens is 2. The van der Waals surface area contributed by atoms with Gasteiger partial charge in [0, 0.05) is 18.0 Å². The minimum Gasteiger partial charge on any atom is -0.506 e. The van der Waals surface area contributed by atoms with Crippen molar-refractivity contribution in [2.75, 3.05) is 5.32 Å². The maximum Gasteiger partial charge on any atom is 0.255 e. The Bertz CT molecular complexity index is 1130. The fourth-order valence-electron chi connectivity index (χ4n) is 2.91. The highest BCUT2D eigenvalue weighted by molar-refractivity contribution is 6.05. The topological polar surface area (TPSA) is 75.9 Å². The second kappa shape index (κ2) is 7.44. The Morgan fingerprint density at radius 2 is 1.89 bits per heavy atom. The van der Waals surface area contributed by atoms with E-state index in [-0.39, 0.29) is 11.7 Å². The summed E-state index contributed by atoms with van der Waals surface area (Å²) < 4.78 is 7.76. The molecule has 2 aromatic heterocycles. The highest BCUT2D eigenvalue weighted by Crippen LogP contribution is 2.23. The van der Waals surface area contributed by atoms with E-state index in [2.05, 4.69) is 10.3 Å². The fourth-order valence-corrected chi connectivity index (χ4v) is 2.91. The molecule has 0 spiro atoms. The number of para-hydroxylation sites is 2. The van der Waals surface area contributed by atoms with Crippen LogP contribution in [0.3, 0.4) is 0 Å². The Labute approximate surface area is 162 Å². The van der Waals surface area contributed by atoms with Gasteiger partial charge in [-0.3, -0.25) is 4.79 Å². The van der Waals surface area contributed by atoms with E-state index in [0.717, 1.165) is 16.9 Å². The van der Waals surface area contributed by atoms with Crippen LogP contribution in [0.5, 0.6) is 11.5 Å². The van der Waals surface area contributed by atoms with Gasteiger partial charge in [0.25, 0.3) is 5.91 Å². The lowest BCUT2D eigenvalue weighted by Crippen LogP contribution is -2.11. The number of hydrogen-bond donors (Lipinski definition) is 2. The van der Waals surface area contributed by atoms with E-state index in [1.165, 1.54) is 6.07 Å². The molecule has 4 rings (SSSR count). The fraction of sp³-hybridized carbons (Fsp3) is 0.0909. The number of phenolic OH excluding ortho intramolecular Hbond substituents is 1. The molecule has 6 heteroatoms. The number of carbonyl (C=O) groups excluding carboxylic acids is 1. The van der Waals surface area contributed by atoms with Gasteiger partial charge in [-0.2, -0.15) is 0 Å². The minimum atomic E-state index is -0.302. The van der Waals surface area contributed by atoms with Gasteiger partial charge in [0.1, 0.15) is 23.8 Å². The van der Waals surface area contributed by atoms with Crippen LogP contribution < -0.4 is 10.1 Å². The Hall–Kier alpha value is -3.80. The number of benzene rings is 2. The van der Waals surface area contributed by atoms with Crippen molar-refractivity contribution in [3.63, 3.8) is 0 Å². The summed E-state index contributed by atoms with van der Waals surface area (Å²) in [6.45, 7) is 2.36. The molecule has 0 atom stereocenters. The number of nitrogens with one attached hydrogen (secondary N) is 1. The number of aromatic hydroxyl groups is 1. The second-order valence-electron chi connectivity index (χ2n) is 6.44. The van der Waals surface area contributed by atoms with Crippen LogP contribution in [0.4, 0.5) is 5.69 Å². The maximum absolute atomic E-state index is 12.3. The summed E-state index contributed by atoms with van der Waals surface area (Å²) in [5.74, 6) is 0.371. The smallest absolute Gasteiger partial charge is 0.255 e. The monoisotopic (exact) mass is 373 g/mol. The lowest BCUT2D eigenvalue weighted by atomic mass is 10.2. The number of nitrogens with zero attached hydrogens (tertiary/aromatic N) is 2. The molecule has 4 aromatic rings. The van der Waals surface area contributed by atoms with Crippen LogP contribution in [-0.2, 0) is 6.61 Å². The van der Waals surface area contributed by atoms with Gasteiger partial charge < -0.3 is 19.6 Å². The largest absolute Gasteiger partial charge is 0.506 e. The average molecular weight is 373 g/mol. The molecular formula is C22H19N3O3. The summed E-state index contributed by atoms with van der Waals surface area (Å²) in [5.41, 5.74) is 3.69. The van der Waals surface area contributed by atoms with Crippen LogP contribution in [0.2, 0.25) is 0 Å². The molecule has 0 aliphatic rings. The molecule has 1 amide bonds. The quantitative estimate of drug-likeness (QED) is 0.515. The Balaban J connectivity index is 1.40. The molecule has 0 saturated heterocycles. The van der Waals surface area contributed by atoms with Crippen molar-refractivity contribution in [3.05, 3.63) is 89.9 Å². The van der Waals surface area contributed by atoms with E-state index >= 15 is 0 Å². The second-order valence-corrected chi connectivity index (χ2v) is 6.44. The van der Waals surface area contributed by atoms with Crippen LogP contribution in [-0.4, -0.2) is 20.4 Å².